The van der Waals surface area contributed by atoms with Gasteiger partial charge in [-0.1, -0.05) is 11.6 Å². The Labute approximate surface area is 188 Å². The average Bonchev–Trinajstić information content (AvgIpc) is 2.80. The fraction of sp³-hybridized carbons (Fsp3) is 0.227. The van der Waals surface area contributed by atoms with Crippen LogP contribution in [0.1, 0.15) is 0 Å². The molecule has 166 valence electrons. The SMILES string of the molecule is COc1ccc(Cl)cc1NC(=O)N1CCN(c2ccc(=O)n(-c3ccc(F)cc3)n2)CC1. The number of piperazine rings is 1. The lowest BCUT2D eigenvalue weighted by Gasteiger charge is -2.35. The lowest BCUT2D eigenvalue weighted by atomic mass is 10.3. The highest BCUT2D eigenvalue weighted by Crippen LogP contribution is 2.28. The molecular formula is C22H21ClFN5O3. The number of halogens is 2. The Morgan fingerprint density at radius 3 is 2.47 bits per heavy atom. The summed E-state index contributed by atoms with van der Waals surface area (Å²) in [5.74, 6) is 0.738. The van der Waals surface area contributed by atoms with Gasteiger partial charge in [-0.3, -0.25) is 4.79 Å². The highest BCUT2D eigenvalue weighted by Gasteiger charge is 2.23. The second-order valence-corrected chi connectivity index (χ2v) is 7.60. The minimum Gasteiger partial charge on any atom is -0.495 e. The van der Waals surface area contributed by atoms with E-state index in [4.69, 9.17) is 16.3 Å². The zero-order valence-electron chi connectivity index (χ0n) is 17.3. The van der Waals surface area contributed by atoms with Crippen LogP contribution >= 0.6 is 11.6 Å². The molecule has 2 aromatic carbocycles. The number of urea groups is 1. The van der Waals surface area contributed by atoms with E-state index in [9.17, 15) is 14.0 Å². The maximum Gasteiger partial charge on any atom is 0.322 e. The number of carbonyl (C=O) groups is 1. The largest absolute Gasteiger partial charge is 0.495 e. The van der Waals surface area contributed by atoms with Crippen molar-refractivity contribution >= 4 is 29.1 Å². The molecule has 10 heteroatoms. The molecule has 0 spiro atoms. The van der Waals surface area contributed by atoms with Gasteiger partial charge in [0.15, 0.2) is 0 Å². The zero-order chi connectivity index (χ0) is 22.7. The van der Waals surface area contributed by atoms with Gasteiger partial charge in [0.2, 0.25) is 0 Å². The number of aromatic nitrogens is 2. The monoisotopic (exact) mass is 457 g/mol. The molecule has 2 amide bonds. The van der Waals surface area contributed by atoms with Crippen LogP contribution < -0.4 is 20.5 Å². The van der Waals surface area contributed by atoms with E-state index in [-0.39, 0.29) is 17.4 Å². The smallest absolute Gasteiger partial charge is 0.322 e. The van der Waals surface area contributed by atoms with Crippen molar-refractivity contribution in [3.63, 3.8) is 0 Å². The second kappa shape index (κ2) is 9.27. The van der Waals surface area contributed by atoms with Gasteiger partial charge >= 0.3 is 6.03 Å². The van der Waals surface area contributed by atoms with E-state index in [0.717, 1.165) is 0 Å². The normalized spacial score (nSPS) is 13.7. The number of rotatable bonds is 4. The fourth-order valence-corrected chi connectivity index (χ4v) is 3.62. The summed E-state index contributed by atoms with van der Waals surface area (Å²) in [7, 11) is 1.52. The number of hydrogen-bond acceptors (Lipinski definition) is 5. The summed E-state index contributed by atoms with van der Waals surface area (Å²) in [5, 5.41) is 7.75. The Hall–Kier alpha value is -3.59. The van der Waals surface area contributed by atoms with Crippen LogP contribution in [0.4, 0.5) is 20.7 Å². The molecule has 32 heavy (non-hydrogen) atoms. The lowest BCUT2D eigenvalue weighted by Crippen LogP contribution is -2.50. The van der Waals surface area contributed by atoms with Crippen molar-refractivity contribution in [1.82, 2.24) is 14.7 Å². The molecule has 1 saturated heterocycles. The standard InChI is InChI=1S/C22H21ClFN5O3/c1-32-19-7-2-15(23)14-18(19)25-22(31)28-12-10-27(11-13-28)20-8-9-21(30)29(26-20)17-5-3-16(24)4-6-17/h2-9,14H,10-13H2,1H3,(H,25,31). The van der Waals surface area contributed by atoms with E-state index in [1.807, 2.05) is 4.90 Å². The van der Waals surface area contributed by atoms with Crippen LogP contribution in [0.3, 0.4) is 0 Å². The van der Waals surface area contributed by atoms with Gasteiger partial charge in [-0.25, -0.2) is 9.18 Å². The Bertz CT molecular complexity index is 1180. The van der Waals surface area contributed by atoms with Crippen molar-refractivity contribution in [2.45, 2.75) is 0 Å². The molecule has 0 bridgehead atoms. The van der Waals surface area contributed by atoms with Gasteiger partial charge in [-0.2, -0.15) is 4.68 Å². The predicted molar refractivity (Wildman–Crippen MR) is 121 cm³/mol. The molecule has 3 aromatic rings. The van der Waals surface area contributed by atoms with Crippen molar-refractivity contribution in [2.24, 2.45) is 0 Å². The first kappa shape index (κ1) is 21.6. The molecule has 2 heterocycles. The van der Waals surface area contributed by atoms with Gasteiger partial charge < -0.3 is 19.9 Å². The molecule has 0 radical (unpaired) electrons. The maximum absolute atomic E-state index is 13.2. The van der Waals surface area contributed by atoms with E-state index in [1.54, 1.807) is 29.2 Å². The Morgan fingerprint density at radius 1 is 1.06 bits per heavy atom. The van der Waals surface area contributed by atoms with Gasteiger partial charge in [0.25, 0.3) is 5.56 Å². The molecule has 8 nitrogen and oxygen atoms in total. The molecular weight excluding hydrogens is 437 g/mol. The van der Waals surface area contributed by atoms with Crippen LogP contribution in [-0.4, -0.2) is 54.0 Å². The molecule has 0 saturated carbocycles. The minimum absolute atomic E-state index is 0.255. The van der Waals surface area contributed by atoms with E-state index < -0.39 is 0 Å². The fourth-order valence-electron chi connectivity index (χ4n) is 3.45. The van der Waals surface area contributed by atoms with E-state index in [1.165, 1.54) is 42.1 Å². The number of nitrogens with zero attached hydrogens (tertiary/aromatic N) is 4. The summed E-state index contributed by atoms with van der Waals surface area (Å²) in [6.45, 7) is 2.00. The van der Waals surface area contributed by atoms with Gasteiger partial charge in [0.05, 0.1) is 18.5 Å². The molecule has 0 unspecified atom stereocenters. The van der Waals surface area contributed by atoms with Crippen LogP contribution in [0.5, 0.6) is 5.75 Å². The third kappa shape index (κ3) is 4.67. The van der Waals surface area contributed by atoms with Crippen LogP contribution in [-0.2, 0) is 0 Å². The number of carbonyl (C=O) groups excluding carboxylic acids is 1. The minimum atomic E-state index is -0.386. The lowest BCUT2D eigenvalue weighted by molar-refractivity contribution is 0.208. The number of benzene rings is 2. The topological polar surface area (TPSA) is 79.7 Å². The summed E-state index contributed by atoms with van der Waals surface area (Å²) in [6.07, 6.45) is 0. The van der Waals surface area contributed by atoms with Gasteiger partial charge in [-0.15, -0.1) is 5.10 Å². The van der Waals surface area contributed by atoms with Crippen molar-refractivity contribution in [2.75, 3.05) is 43.5 Å². The number of methoxy groups -OCH3 is 1. The first-order valence-corrected chi connectivity index (χ1v) is 10.3. The second-order valence-electron chi connectivity index (χ2n) is 7.17. The summed E-state index contributed by atoms with van der Waals surface area (Å²) in [6, 6.07) is 13.4. The molecule has 1 aliphatic rings. The van der Waals surface area contributed by atoms with E-state index >= 15 is 0 Å². The third-order valence-electron chi connectivity index (χ3n) is 5.15. The number of hydrogen-bond donors (Lipinski definition) is 1. The Balaban J connectivity index is 1.43. The van der Waals surface area contributed by atoms with Gasteiger partial charge in [0.1, 0.15) is 17.4 Å². The summed E-state index contributed by atoms with van der Waals surface area (Å²) < 4.78 is 19.7. The van der Waals surface area contributed by atoms with Crippen molar-refractivity contribution < 1.29 is 13.9 Å². The van der Waals surface area contributed by atoms with Crippen LogP contribution in [0.25, 0.3) is 5.69 Å². The van der Waals surface area contributed by atoms with Gasteiger partial charge in [-0.05, 0) is 48.5 Å². The third-order valence-corrected chi connectivity index (χ3v) is 5.39. The number of anilines is 2. The number of nitrogens with one attached hydrogen (secondary N) is 1. The number of ether oxygens (including phenoxy) is 1. The van der Waals surface area contributed by atoms with Crippen LogP contribution in [0.2, 0.25) is 5.02 Å². The molecule has 1 aliphatic heterocycles. The van der Waals surface area contributed by atoms with Crippen molar-refractivity contribution in [3.05, 3.63) is 75.8 Å². The first-order chi connectivity index (χ1) is 15.4. The van der Waals surface area contributed by atoms with Gasteiger partial charge in [0, 0.05) is 37.3 Å². The Kier molecular flexibility index (Phi) is 6.27. The molecule has 4 rings (SSSR count). The zero-order valence-corrected chi connectivity index (χ0v) is 18.1. The molecule has 1 N–H and O–H groups in total. The quantitative estimate of drug-likeness (QED) is 0.649. The average molecular weight is 458 g/mol. The van der Waals surface area contributed by atoms with Crippen LogP contribution in [0.15, 0.2) is 59.4 Å². The maximum atomic E-state index is 13.2. The first-order valence-electron chi connectivity index (χ1n) is 9.95. The molecule has 0 aliphatic carbocycles. The van der Waals surface area contributed by atoms with E-state index in [0.29, 0.717) is 54.1 Å². The molecule has 1 fully saturated rings. The summed E-state index contributed by atoms with van der Waals surface area (Å²) >= 11 is 6.03. The molecule has 0 atom stereocenters. The molecule has 1 aromatic heterocycles. The number of amides is 2. The summed E-state index contributed by atoms with van der Waals surface area (Å²) in [4.78, 5) is 28.6. The van der Waals surface area contributed by atoms with Crippen molar-refractivity contribution in [3.8, 4) is 11.4 Å². The predicted octanol–water partition coefficient (Wildman–Crippen LogP) is 3.39. The highest BCUT2D eigenvalue weighted by molar-refractivity contribution is 6.31. The Morgan fingerprint density at radius 2 is 1.78 bits per heavy atom. The summed E-state index contributed by atoms with van der Waals surface area (Å²) in [5.41, 5.74) is 0.668. The highest BCUT2D eigenvalue weighted by atomic mass is 35.5. The van der Waals surface area contributed by atoms with Crippen molar-refractivity contribution in [1.29, 1.82) is 0 Å². The van der Waals surface area contributed by atoms with E-state index in [2.05, 4.69) is 10.4 Å². The van der Waals surface area contributed by atoms with Crippen LogP contribution in [0, 0.1) is 5.82 Å².